The van der Waals surface area contributed by atoms with Gasteiger partial charge >= 0.3 is 1120 Å². The molecular weight excluding hydrogens is 5930 g/mol. The Morgan fingerprint density at radius 1 is 0.0154 bits per heavy atom. The molecule has 0 aliphatic heterocycles. The molecule has 0 saturated heterocycles. The molecular formula is Nb50O80+90. The van der Waals surface area contributed by atoms with Crippen LogP contribution in [-0.2, 0) is 1560 Å². The van der Waals surface area contributed by atoms with E-state index in [0.717, 1.165) is 0 Å². The zero-order valence-electron chi connectivity index (χ0n) is 55.0. The van der Waals surface area contributed by atoms with Crippen LogP contribution in [0.3, 0.4) is 0 Å². The molecule has 0 fully saturated rings. The topological polar surface area (TPSA) is 2280 Å². The van der Waals surface area contributed by atoms with E-state index >= 15 is 0 Å². The van der Waals surface area contributed by atoms with Crippen LogP contribution in [0.2, 0.25) is 0 Å². The van der Waals surface area contributed by atoms with E-state index in [0.29, 0.717) is 0 Å². The molecule has 0 saturated carbocycles. The second-order valence-electron chi connectivity index (χ2n) is 0. The summed E-state index contributed by atoms with van der Waals surface area (Å²) in [5, 5.41) is 0. The normalized spacial score (nSPS) is 0. The Balaban J connectivity index is 0. The predicted molar refractivity (Wildman–Crippen MR) is 54.9 cm³/mol. The van der Waals surface area contributed by atoms with Crippen molar-refractivity contribution in [3.63, 3.8) is 0 Å². The van der Waals surface area contributed by atoms with Crippen LogP contribution in [-0.4, -0.2) is 0 Å². The van der Waals surface area contributed by atoms with Crippen LogP contribution in [0, 0.1) is 0 Å². The third-order valence-electron chi connectivity index (χ3n) is 0. The minimum Gasteiger partial charge on any atom is -2.00 e. The molecule has 0 aliphatic carbocycles. The molecule has 0 atom stereocenters. The molecule has 0 radical (unpaired) electrons. The largest absolute Gasteiger partial charge is 5.00 e. The van der Waals surface area contributed by atoms with Gasteiger partial charge in [0.2, 0.25) is 0 Å². The van der Waals surface area contributed by atoms with Crippen molar-refractivity contribution in [2.75, 3.05) is 0 Å². The van der Waals surface area contributed by atoms with Crippen molar-refractivity contribution in [2.45, 2.75) is 0 Å². The van der Waals surface area contributed by atoms with Gasteiger partial charge in [-0.25, -0.2) is 0 Å². The van der Waals surface area contributed by atoms with Crippen molar-refractivity contribution in [2.24, 2.45) is 0 Å². The molecule has 0 aromatic heterocycles. The standard InChI is InChI=1S/50Nb.80O/q50*+5;80*-2. The van der Waals surface area contributed by atoms with Gasteiger partial charge in [0.05, 0.1) is 0 Å². The van der Waals surface area contributed by atoms with E-state index in [9.17, 15) is 0 Å². The average molecular weight is 5930 g/mol. The van der Waals surface area contributed by atoms with Gasteiger partial charge in [-0.05, 0) is 0 Å². The fourth-order valence-electron chi connectivity index (χ4n) is 0. The number of rotatable bonds is 0. The first-order valence-corrected chi connectivity index (χ1v) is 0. The molecule has 0 bridgehead atoms. The summed E-state index contributed by atoms with van der Waals surface area (Å²) in [6.07, 6.45) is 0. The quantitative estimate of drug-likeness (QED) is 0.204. The van der Waals surface area contributed by atoms with Gasteiger partial charge in [-0.15, -0.1) is 0 Å². The minimum atomic E-state index is 0. The SMILES string of the molecule is [Nb+5].[Nb+5].[Nb+5].[Nb+5].[Nb+5].[Nb+5].[Nb+5].[Nb+5].[Nb+5].[Nb+5].[Nb+5].[Nb+5].[Nb+5].[Nb+5].[Nb+5].[Nb+5].[Nb+5].[Nb+5].[Nb+5].[Nb+5].[Nb+5].[Nb+5].[Nb+5].[Nb+5].[Nb+5].[Nb+5].[Nb+5].[Nb+5].[Nb+5].[Nb+5].[Nb+5].[Nb+5].[Nb+5].[Nb+5].[Nb+5].[Nb+5].[Nb+5].[Nb+5].[Nb+5].[Nb+5].[Nb+5].[Nb+5].[Nb+5].[Nb+5].[Nb+5].[Nb+5].[Nb+5].[Nb+5].[Nb+5].[Nb+5].[O-2].[O-2].[O-2].[O-2].[O-2].[O-2].[O-2].[O-2].[O-2].[O-2].[O-2].[O-2].[O-2].[O-2].[O-2].[O-2].[O-2].[O-2].[O-2].[O-2].[O-2].[O-2].[O-2].[O-2].[O-2].[O-2].[O-2].[O-2].[O-2].[O-2].[O-2].[O-2].[O-2].[O-2].[O-2].[O-2].[O-2].[O-2].[O-2].[O-2].[O-2].[O-2].[O-2].[O-2].[O-2].[O-2].[O-2].[O-2].[O-2].[O-2].[O-2].[O-2].[O-2].[O-2].[O-2].[O-2].[O-2].[O-2].[O-2].[O-2].[O-2].[O-2].[O-2].[O-2].[O-2].[O-2].[O-2].[O-2].[O-2].[O-2].[O-2].[O-2].[O-2].[O-2].[O-2].[O-2].[O-2].[O-2].[O-2].[O-2]. The van der Waals surface area contributed by atoms with Crippen LogP contribution in [0.25, 0.3) is 0 Å². The Kier molecular flexibility index (Phi) is 109000. The molecule has 0 aliphatic rings. The van der Waals surface area contributed by atoms with E-state index in [1.165, 1.54) is 0 Å². The average Bonchev–Trinajstić information content (AvgIpc) is 0. The fraction of sp³-hybridized carbons (Fsp3) is 0. The maximum atomic E-state index is 0. The zero-order chi connectivity index (χ0) is 0. The van der Waals surface area contributed by atoms with Gasteiger partial charge in [-0.2, -0.15) is 0 Å². The van der Waals surface area contributed by atoms with E-state index in [1.807, 2.05) is 0 Å². The summed E-state index contributed by atoms with van der Waals surface area (Å²) in [6.45, 7) is 0. The zero-order valence-corrected chi connectivity index (χ0v) is 165. The minimum absolute atomic E-state index is 0. The molecule has 130 heteroatoms. The van der Waals surface area contributed by atoms with Gasteiger partial charge in [0.1, 0.15) is 0 Å². The van der Waals surface area contributed by atoms with Gasteiger partial charge in [-0.1, -0.05) is 0 Å². The van der Waals surface area contributed by atoms with E-state index < -0.39 is 0 Å². The second kappa shape index (κ2) is 3730. The molecule has 130 heavy (non-hydrogen) atoms. The molecule has 0 amide bonds. The maximum absolute atomic E-state index is 0. The molecule has 0 aromatic rings. The third-order valence-corrected chi connectivity index (χ3v) is 0. The summed E-state index contributed by atoms with van der Waals surface area (Å²) >= 11 is 0. The van der Waals surface area contributed by atoms with Crippen molar-refractivity contribution in [3.8, 4) is 0 Å². The van der Waals surface area contributed by atoms with Gasteiger partial charge in [0.15, 0.2) is 0 Å². The number of hydrogen-bond donors (Lipinski definition) is 0. The van der Waals surface area contributed by atoms with E-state index in [4.69, 9.17) is 0 Å². The summed E-state index contributed by atoms with van der Waals surface area (Å²) in [6, 6.07) is 0. The first-order valence-electron chi connectivity index (χ1n) is 0. The smallest absolute Gasteiger partial charge is 2.00 e. The van der Waals surface area contributed by atoms with E-state index in [1.54, 1.807) is 0 Å². The van der Waals surface area contributed by atoms with E-state index in [2.05, 4.69) is 0 Å². The van der Waals surface area contributed by atoms with Gasteiger partial charge in [0.25, 0.3) is 0 Å². The van der Waals surface area contributed by atoms with Crippen molar-refractivity contribution < 1.29 is 1560 Å². The van der Waals surface area contributed by atoms with Crippen LogP contribution in [0.4, 0.5) is 0 Å². The summed E-state index contributed by atoms with van der Waals surface area (Å²) in [5.41, 5.74) is 0. The second-order valence-corrected chi connectivity index (χ2v) is 0. The molecule has 0 heterocycles. The molecule has 0 N–H and O–H groups in total. The molecule has 640 valence electrons. The first-order chi connectivity index (χ1) is 0. The van der Waals surface area contributed by atoms with Gasteiger partial charge in [-0.3, -0.25) is 0 Å². The Labute approximate surface area is 1520 Å². The van der Waals surface area contributed by atoms with Crippen LogP contribution >= 0.6 is 0 Å². The van der Waals surface area contributed by atoms with Crippen LogP contribution in [0.1, 0.15) is 0 Å². The Morgan fingerprint density at radius 2 is 0.0154 bits per heavy atom. The van der Waals surface area contributed by atoms with Crippen LogP contribution in [0.5, 0.6) is 0 Å². The summed E-state index contributed by atoms with van der Waals surface area (Å²) in [7, 11) is 0. The predicted octanol–water partition coefficient (Wildman–Crippen LogP) is -9.63. The summed E-state index contributed by atoms with van der Waals surface area (Å²) < 4.78 is 0. The van der Waals surface area contributed by atoms with E-state index in [-0.39, 0.29) is 1560 Å². The molecule has 0 aromatic carbocycles. The third kappa shape index (κ3) is 3660. The molecule has 80 nitrogen and oxygen atoms in total. The molecule has 0 rings (SSSR count). The first kappa shape index (κ1) is 3800. The summed E-state index contributed by atoms with van der Waals surface area (Å²) in [5.74, 6) is 0. The molecule has 0 spiro atoms. The van der Waals surface area contributed by atoms with Gasteiger partial charge in [0, 0.05) is 0 Å². The van der Waals surface area contributed by atoms with Crippen LogP contribution < -0.4 is 0 Å². The fourth-order valence-corrected chi connectivity index (χ4v) is 0. The molecule has 0 unspecified atom stereocenters. The Bertz CT molecular complexity index is 125. The monoisotopic (exact) mass is 5920 g/mol. The van der Waals surface area contributed by atoms with Crippen molar-refractivity contribution in [1.29, 1.82) is 0 Å². The summed E-state index contributed by atoms with van der Waals surface area (Å²) in [4.78, 5) is 0. The Morgan fingerprint density at radius 3 is 0.0154 bits per heavy atom. The van der Waals surface area contributed by atoms with Crippen molar-refractivity contribution in [3.05, 3.63) is 0 Å². The number of hydrogen-bond acceptors (Lipinski definition) is 0. The van der Waals surface area contributed by atoms with Crippen molar-refractivity contribution >= 4 is 0 Å². The maximum Gasteiger partial charge on any atom is 5.00 e. The Hall–Kier alpha value is 33.8. The van der Waals surface area contributed by atoms with Crippen molar-refractivity contribution in [1.82, 2.24) is 0 Å². The van der Waals surface area contributed by atoms with Gasteiger partial charge < -0.3 is 438 Å². The van der Waals surface area contributed by atoms with Crippen LogP contribution in [0.15, 0.2) is 0 Å².